The zero-order valence-electron chi connectivity index (χ0n) is 18.5. The third kappa shape index (κ3) is 4.68. The smallest absolute Gasteiger partial charge is 0.253 e. The first-order chi connectivity index (χ1) is 16.2. The molecule has 0 radical (unpaired) electrons. The fourth-order valence-electron chi connectivity index (χ4n) is 4.05. The molecule has 0 saturated carbocycles. The van der Waals surface area contributed by atoms with Gasteiger partial charge in [0, 0.05) is 48.1 Å². The van der Waals surface area contributed by atoms with Crippen molar-refractivity contribution in [3.05, 3.63) is 89.7 Å². The molecule has 1 aliphatic rings. The van der Waals surface area contributed by atoms with Crippen molar-refractivity contribution in [2.24, 2.45) is 0 Å². The number of aromatic nitrogens is 4. The highest BCUT2D eigenvalue weighted by atomic mass is 32.2. The van der Waals surface area contributed by atoms with Crippen molar-refractivity contribution in [1.29, 1.82) is 0 Å². The van der Waals surface area contributed by atoms with Crippen LogP contribution in [0.5, 0.6) is 0 Å². The Labute approximate surface area is 197 Å². The molecule has 166 valence electrons. The molecule has 0 unspecified atom stereocenters. The Morgan fingerprint density at radius 1 is 0.970 bits per heavy atom. The second-order valence-electron chi connectivity index (χ2n) is 8.20. The van der Waals surface area contributed by atoms with Gasteiger partial charge in [-0.1, -0.05) is 36.0 Å². The Bertz CT molecular complexity index is 1250. The molecular formula is C26H25N5OS. The van der Waals surface area contributed by atoms with Crippen LogP contribution in [-0.4, -0.2) is 43.6 Å². The fraction of sp³-hybridized carbons (Fsp3) is 0.231. The molecule has 1 amide bonds. The van der Waals surface area contributed by atoms with E-state index in [2.05, 4.69) is 44.9 Å². The summed E-state index contributed by atoms with van der Waals surface area (Å²) < 4.78 is 2.10. The minimum absolute atomic E-state index is 0.132. The van der Waals surface area contributed by atoms with Gasteiger partial charge >= 0.3 is 0 Å². The predicted octanol–water partition coefficient (Wildman–Crippen LogP) is 5.17. The van der Waals surface area contributed by atoms with Gasteiger partial charge in [0.05, 0.1) is 0 Å². The van der Waals surface area contributed by atoms with Crippen LogP contribution in [0.15, 0.2) is 78.2 Å². The van der Waals surface area contributed by atoms with E-state index in [1.54, 1.807) is 24.2 Å². The number of likely N-dealkylation sites (tertiary alicyclic amines) is 1. The summed E-state index contributed by atoms with van der Waals surface area (Å²) in [4.78, 5) is 18.7. The summed E-state index contributed by atoms with van der Waals surface area (Å²) in [5.74, 6) is 1.66. The number of rotatable bonds is 6. The van der Waals surface area contributed by atoms with Crippen molar-refractivity contribution in [1.82, 2.24) is 24.6 Å². The topological polar surface area (TPSA) is 63.9 Å². The maximum absolute atomic E-state index is 12.6. The van der Waals surface area contributed by atoms with Gasteiger partial charge in [0.15, 0.2) is 11.0 Å². The molecule has 1 aliphatic heterocycles. The van der Waals surface area contributed by atoms with Crippen LogP contribution < -0.4 is 0 Å². The molecule has 0 N–H and O–H groups in total. The Morgan fingerprint density at radius 2 is 1.73 bits per heavy atom. The van der Waals surface area contributed by atoms with E-state index >= 15 is 0 Å². The number of benzene rings is 2. The summed E-state index contributed by atoms with van der Waals surface area (Å²) >= 11 is 1.63. The van der Waals surface area contributed by atoms with E-state index in [4.69, 9.17) is 0 Å². The number of hydrogen-bond donors (Lipinski definition) is 0. The molecule has 0 bridgehead atoms. The van der Waals surface area contributed by atoms with Crippen LogP contribution in [0.2, 0.25) is 0 Å². The maximum atomic E-state index is 12.6. The molecule has 2 aromatic carbocycles. The summed E-state index contributed by atoms with van der Waals surface area (Å²) in [5.41, 5.74) is 5.07. The van der Waals surface area contributed by atoms with Gasteiger partial charge in [-0.2, -0.15) is 0 Å². The summed E-state index contributed by atoms with van der Waals surface area (Å²) in [6, 6.07) is 20.2. The van der Waals surface area contributed by atoms with Crippen LogP contribution in [0.4, 0.5) is 0 Å². The summed E-state index contributed by atoms with van der Waals surface area (Å²) in [6.45, 7) is 3.81. The first-order valence-electron chi connectivity index (χ1n) is 11.1. The standard InChI is InChI=1S/C26H25N5OS/c1-19-5-4-6-23(17-19)31-24(21-11-13-27-14-12-21)28-29-26(31)33-18-20-7-9-22(10-8-20)25(32)30-15-2-3-16-30/h4-14,17H,2-3,15-16,18H2,1H3. The van der Waals surface area contributed by atoms with E-state index in [-0.39, 0.29) is 5.91 Å². The van der Waals surface area contributed by atoms with Crippen LogP contribution in [0, 0.1) is 6.92 Å². The quantitative estimate of drug-likeness (QED) is 0.376. The summed E-state index contributed by atoms with van der Waals surface area (Å²) in [5, 5.41) is 9.83. The zero-order valence-corrected chi connectivity index (χ0v) is 19.3. The van der Waals surface area contributed by atoms with E-state index in [0.717, 1.165) is 65.0 Å². The van der Waals surface area contributed by atoms with Gasteiger partial charge < -0.3 is 4.90 Å². The summed E-state index contributed by atoms with van der Waals surface area (Å²) in [7, 11) is 0. The number of aryl methyl sites for hydroxylation is 1. The van der Waals surface area contributed by atoms with Gasteiger partial charge in [0.1, 0.15) is 0 Å². The minimum Gasteiger partial charge on any atom is -0.339 e. The Balaban J connectivity index is 1.38. The number of thioether (sulfide) groups is 1. The number of pyridine rings is 1. The summed E-state index contributed by atoms with van der Waals surface area (Å²) in [6.07, 6.45) is 5.73. The van der Waals surface area contributed by atoms with Crippen LogP contribution in [0.25, 0.3) is 17.1 Å². The molecule has 33 heavy (non-hydrogen) atoms. The molecule has 2 aromatic heterocycles. The lowest BCUT2D eigenvalue weighted by molar-refractivity contribution is 0.0793. The number of carbonyl (C=O) groups is 1. The minimum atomic E-state index is 0.132. The fourth-order valence-corrected chi connectivity index (χ4v) is 4.95. The van der Waals surface area contributed by atoms with Gasteiger partial charge in [-0.05, 0) is 67.3 Å². The molecule has 4 aromatic rings. The van der Waals surface area contributed by atoms with Crippen LogP contribution in [0.3, 0.4) is 0 Å². The Morgan fingerprint density at radius 3 is 2.45 bits per heavy atom. The van der Waals surface area contributed by atoms with Gasteiger partial charge in [-0.3, -0.25) is 14.3 Å². The molecular weight excluding hydrogens is 430 g/mol. The van der Waals surface area contributed by atoms with Crippen LogP contribution in [0.1, 0.15) is 34.3 Å². The molecule has 0 spiro atoms. The highest BCUT2D eigenvalue weighted by Gasteiger charge is 2.20. The first kappa shape index (κ1) is 21.4. The average molecular weight is 456 g/mol. The highest BCUT2D eigenvalue weighted by molar-refractivity contribution is 7.98. The number of amides is 1. The Hall–Kier alpha value is -3.45. The van der Waals surface area contributed by atoms with E-state index in [1.165, 1.54) is 5.56 Å². The number of hydrogen-bond acceptors (Lipinski definition) is 5. The first-order valence-corrected chi connectivity index (χ1v) is 12.1. The number of nitrogens with zero attached hydrogens (tertiary/aromatic N) is 5. The van der Waals surface area contributed by atoms with Gasteiger partial charge in [-0.15, -0.1) is 10.2 Å². The van der Waals surface area contributed by atoms with Crippen LogP contribution >= 0.6 is 11.8 Å². The maximum Gasteiger partial charge on any atom is 0.253 e. The van der Waals surface area contributed by atoms with E-state index in [9.17, 15) is 4.79 Å². The van der Waals surface area contributed by atoms with Crippen LogP contribution in [-0.2, 0) is 5.75 Å². The van der Waals surface area contributed by atoms with E-state index in [1.807, 2.05) is 47.4 Å². The van der Waals surface area contributed by atoms with Gasteiger partial charge in [0.25, 0.3) is 5.91 Å². The monoisotopic (exact) mass is 455 g/mol. The second kappa shape index (κ2) is 9.58. The van der Waals surface area contributed by atoms with Crippen molar-refractivity contribution in [3.63, 3.8) is 0 Å². The van der Waals surface area contributed by atoms with E-state index < -0.39 is 0 Å². The highest BCUT2D eigenvalue weighted by Crippen LogP contribution is 2.30. The molecule has 1 saturated heterocycles. The van der Waals surface area contributed by atoms with Gasteiger partial charge in [0.2, 0.25) is 0 Å². The average Bonchev–Trinajstić information content (AvgIpc) is 3.54. The van der Waals surface area contributed by atoms with Gasteiger partial charge in [-0.25, -0.2) is 0 Å². The van der Waals surface area contributed by atoms with Crippen molar-refractivity contribution in [3.8, 4) is 17.1 Å². The molecule has 0 aliphatic carbocycles. The van der Waals surface area contributed by atoms with Crippen molar-refractivity contribution < 1.29 is 4.79 Å². The molecule has 5 rings (SSSR count). The lowest BCUT2D eigenvalue weighted by Crippen LogP contribution is -2.27. The zero-order chi connectivity index (χ0) is 22.6. The molecule has 0 atom stereocenters. The number of carbonyl (C=O) groups excluding carboxylic acids is 1. The lowest BCUT2D eigenvalue weighted by atomic mass is 10.1. The van der Waals surface area contributed by atoms with Crippen molar-refractivity contribution >= 4 is 17.7 Å². The van der Waals surface area contributed by atoms with Crippen molar-refractivity contribution in [2.75, 3.05) is 13.1 Å². The SMILES string of the molecule is Cc1cccc(-n2c(SCc3ccc(C(=O)N4CCCC4)cc3)nnc2-c2ccncc2)c1. The third-order valence-corrected chi connectivity index (χ3v) is 6.79. The second-order valence-corrected chi connectivity index (χ2v) is 9.14. The molecule has 1 fully saturated rings. The van der Waals surface area contributed by atoms with Crippen molar-refractivity contribution in [2.45, 2.75) is 30.7 Å². The Kier molecular flexibility index (Phi) is 6.21. The largest absolute Gasteiger partial charge is 0.339 e. The normalized spacial score (nSPS) is 13.4. The third-order valence-electron chi connectivity index (χ3n) is 5.79. The molecule has 6 nitrogen and oxygen atoms in total. The predicted molar refractivity (Wildman–Crippen MR) is 130 cm³/mol. The lowest BCUT2D eigenvalue weighted by Gasteiger charge is -2.15. The molecule has 7 heteroatoms. The molecule has 3 heterocycles. The van der Waals surface area contributed by atoms with E-state index in [0.29, 0.717) is 0 Å².